The van der Waals surface area contributed by atoms with Crippen LogP contribution >= 0.6 is 0 Å². The summed E-state index contributed by atoms with van der Waals surface area (Å²) >= 11 is 0. The molecule has 0 spiro atoms. The lowest BCUT2D eigenvalue weighted by Crippen LogP contribution is -2.03. The average Bonchev–Trinajstić information content (AvgIpc) is 2.92. The number of fused-ring (bicyclic) bond motifs is 1. The maximum absolute atomic E-state index is 12.2. The van der Waals surface area contributed by atoms with E-state index >= 15 is 0 Å². The zero-order valence-corrected chi connectivity index (χ0v) is 19.3. The van der Waals surface area contributed by atoms with E-state index in [1.165, 1.54) is 6.08 Å². The molecule has 1 heterocycles. The van der Waals surface area contributed by atoms with E-state index in [2.05, 4.69) is 11.1 Å². The number of nitrogens with two attached hydrogens (primary N) is 1. The summed E-state index contributed by atoms with van der Waals surface area (Å²) in [6, 6.07) is 34.6. The second-order valence-corrected chi connectivity index (χ2v) is 8.14. The minimum absolute atomic E-state index is 0.166. The summed E-state index contributed by atoms with van der Waals surface area (Å²) in [5, 5.41) is 11.9. The Morgan fingerprint density at radius 2 is 1.58 bits per heavy atom. The Morgan fingerprint density at radius 1 is 0.861 bits per heavy atom. The van der Waals surface area contributed by atoms with Crippen LogP contribution in [-0.2, 0) is 4.79 Å². The summed E-state index contributed by atoms with van der Waals surface area (Å²) in [6.45, 7) is 0. The normalized spacial score (nSPS) is 10.9. The van der Waals surface area contributed by atoms with Crippen LogP contribution in [0.3, 0.4) is 0 Å². The lowest BCUT2D eigenvalue weighted by Gasteiger charge is -2.12. The first-order valence-corrected chi connectivity index (χ1v) is 11.4. The van der Waals surface area contributed by atoms with Crippen molar-refractivity contribution in [3.05, 3.63) is 120 Å². The fraction of sp³-hybridized carbons (Fsp3) is 0. The number of benzene rings is 4. The fourth-order valence-corrected chi connectivity index (χ4v) is 4.08. The number of nitrogens with zero attached hydrogens (tertiary/aromatic N) is 2. The van der Waals surface area contributed by atoms with Crippen LogP contribution in [0.15, 0.2) is 109 Å². The van der Waals surface area contributed by atoms with Gasteiger partial charge in [0.25, 0.3) is 0 Å². The number of ether oxygens (including phenoxy) is 1. The second-order valence-electron chi connectivity index (χ2n) is 8.14. The van der Waals surface area contributed by atoms with Crippen molar-refractivity contribution in [2.24, 2.45) is 0 Å². The quantitative estimate of drug-likeness (QED) is 0.178. The molecule has 0 amide bonds. The van der Waals surface area contributed by atoms with Gasteiger partial charge in [0, 0.05) is 17.2 Å². The van der Waals surface area contributed by atoms with E-state index in [0.717, 1.165) is 27.5 Å². The minimum atomic E-state index is -0.476. The summed E-state index contributed by atoms with van der Waals surface area (Å²) < 4.78 is 5.42. The Labute approximate surface area is 208 Å². The van der Waals surface area contributed by atoms with Crippen LogP contribution in [-0.4, -0.2) is 11.0 Å². The number of carbonyl (C=O) groups is 1. The van der Waals surface area contributed by atoms with Gasteiger partial charge in [0.2, 0.25) is 0 Å². The predicted molar refractivity (Wildman–Crippen MR) is 143 cm³/mol. The second kappa shape index (κ2) is 9.96. The third-order valence-corrected chi connectivity index (χ3v) is 5.82. The van der Waals surface area contributed by atoms with E-state index in [4.69, 9.17) is 10.5 Å². The Balaban J connectivity index is 1.45. The Morgan fingerprint density at radius 3 is 2.36 bits per heavy atom. The molecule has 36 heavy (non-hydrogen) atoms. The third-order valence-electron chi connectivity index (χ3n) is 5.82. The summed E-state index contributed by atoms with van der Waals surface area (Å²) in [7, 11) is 0. The largest absolute Gasteiger partial charge is 0.423 e. The number of carbonyl (C=O) groups excluding carboxylic acids is 1. The number of aromatic nitrogens is 1. The average molecular weight is 468 g/mol. The van der Waals surface area contributed by atoms with Gasteiger partial charge in [-0.3, -0.25) is 0 Å². The van der Waals surface area contributed by atoms with E-state index in [9.17, 15) is 10.1 Å². The van der Waals surface area contributed by atoms with Crippen LogP contribution in [0.4, 0.5) is 5.82 Å². The first kappa shape index (κ1) is 22.6. The van der Waals surface area contributed by atoms with E-state index in [1.54, 1.807) is 30.3 Å². The van der Waals surface area contributed by atoms with Gasteiger partial charge in [-0.05, 0) is 46.2 Å². The maximum atomic E-state index is 12.2. The number of esters is 1. The number of nitriles is 1. The molecule has 0 saturated heterocycles. The third kappa shape index (κ3) is 4.70. The van der Waals surface area contributed by atoms with E-state index < -0.39 is 5.97 Å². The number of rotatable bonds is 5. The van der Waals surface area contributed by atoms with Gasteiger partial charge in [0.05, 0.1) is 5.69 Å². The molecule has 0 bridgehead atoms. The zero-order valence-electron chi connectivity index (χ0n) is 19.3. The molecule has 5 aromatic rings. The van der Waals surface area contributed by atoms with Gasteiger partial charge < -0.3 is 10.5 Å². The number of pyridine rings is 1. The fourth-order valence-electron chi connectivity index (χ4n) is 4.08. The van der Waals surface area contributed by atoms with Crippen LogP contribution in [0.25, 0.3) is 39.2 Å². The summed E-state index contributed by atoms with van der Waals surface area (Å²) in [6.07, 6.45) is 3.08. The van der Waals surface area contributed by atoms with Crippen LogP contribution in [0, 0.1) is 11.3 Å². The van der Waals surface area contributed by atoms with Crippen molar-refractivity contribution >= 4 is 28.6 Å². The Kier molecular flexibility index (Phi) is 6.25. The highest BCUT2D eigenvalue weighted by Gasteiger charge is 2.15. The topological polar surface area (TPSA) is 89.0 Å². The number of hydrogen-bond donors (Lipinski definition) is 1. The van der Waals surface area contributed by atoms with Crippen LogP contribution < -0.4 is 10.5 Å². The van der Waals surface area contributed by atoms with Gasteiger partial charge in [-0.25, -0.2) is 9.78 Å². The van der Waals surface area contributed by atoms with Gasteiger partial charge in [-0.15, -0.1) is 0 Å². The lowest BCUT2D eigenvalue weighted by molar-refractivity contribution is -0.128. The molecular formula is C31H21N3O2. The molecule has 0 saturated carbocycles. The van der Waals surface area contributed by atoms with E-state index in [0.29, 0.717) is 22.6 Å². The van der Waals surface area contributed by atoms with Gasteiger partial charge in [0.1, 0.15) is 23.2 Å². The predicted octanol–water partition coefficient (Wildman–Crippen LogP) is 6.64. The molecule has 0 aliphatic rings. The highest BCUT2D eigenvalue weighted by Crippen LogP contribution is 2.34. The van der Waals surface area contributed by atoms with Crippen LogP contribution in [0.5, 0.6) is 5.75 Å². The van der Waals surface area contributed by atoms with Crippen molar-refractivity contribution in [2.45, 2.75) is 0 Å². The summed E-state index contributed by atoms with van der Waals surface area (Å²) in [4.78, 5) is 16.7. The van der Waals surface area contributed by atoms with E-state index in [-0.39, 0.29) is 5.82 Å². The highest BCUT2D eigenvalue weighted by molar-refractivity contribution is 5.97. The molecule has 0 atom stereocenters. The smallest absolute Gasteiger partial charge is 0.336 e. The molecule has 2 N–H and O–H groups in total. The van der Waals surface area contributed by atoms with Crippen LogP contribution in [0.2, 0.25) is 0 Å². The zero-order chi connectivity index (χ0) is 24.9. The molecule has 5 rings (SSSR count). The first-order chi connectivity index (χ1) is 17.6. The number of hydrogen-bond acceptors (Lipinski definition) is 5. The SMILES string of the molecule is N#Cc1c(-c2ccc(OC(=O)/C=C\c3ccccc3)cc2)cc(-c2cccc3ccccc23)nc1N. The molecule has 5 nitrogen and oxygen atoms in total. The van der Waals surface area contributed by atoms with Gasteiger partial charge in [-0.1, -0.05) is 84.9 Å². The van der Waals surface area contributed by atoms with Crippen molar-refractivity contribution in [3.63, 3.8) is 0 Å². The lowest BCUT2D eigenvalue weighted by atomic mass is 9.96. The van der Waals surface area contributed by atoms with Crippen molar-refractivity contribution < 1.29 is 9.53 Å². The summed E-state index contributed by atoms with van der Waals surface area (Å²) in [5.74, 6) is 0.0893. The standard InChI is InChI=1S/C31H21N3O2/c32-20-28-27(19-29(34-31(28)33)26-12-6-10-22-9-4-5-11-25(22)26)23-14-16-24(17-15-23)36-30(35)18-13-21-7-2-1-3-8-21/h1-19H,(H2,33,34)/b18-13-. The van der Waals surface area contributed by atoms with Gasteiger partial charge >= 0.3 is 5.97 Å². The Hall–Kier alpha value is -5.21. The van der Waals surface area contributed by atoms with Crippen molar-refractivity contribution in [1.82, 2.24) is 4.98 Å². The molecule has 0 aliphatic heterocycles. The molecule has 5 heteroatoms. The molecule has 0 aliphatic carbocycles. The molecule has 4 aromatic carbocycles. The molecule has 0 unspecified atom stereocenters. The molecular weight excluding hydrogens is 446 g/mol. The first-order valence-electron chi connectivity index (χ1n) is 11.4. The maximum Gasteiger partial charge on any atom is 0.336 e. The van der Waals surface area contributed by atoms with E-state index in [1.807, 2.05) is 78.9 Å². The van der Waals surface area contributed by atoms with Crippen molar-refractivity contribution in [2.75, 3.05) is 5.73 Å². The minimum Gasteiger partial charge on any atom is -0.423 e. The number of anilines is 1. The van der Waals surface area contributed by atoms with Gasteiger partial charge in [-0.2, -0.15) is 5.26 Å². The number of nitrogen functional groups attached to an aromatic ring is 1. The monoisotopic (exact) mass is 467 g/mol. The molecule has 0 radical (unpaired) electrons. The van der Waals surface area contributed by atoms with Gasteiger partial charge in [0.15, 0.2) is 0 Å². The molecule has 0 fully saturated rings. The summed E-state index contributed by atoms with van der Waals surface area (Å²) in [5.41, 5.74) is 10.5. The molecule has 172 valence electrons. The highest BCUT2D eigenvalue weighted by atomic mass is 16.5. The molecule has 1 aromatic heterocycles. The van der Waals surface area contributed by atoms with Crippen LogP contribution in [0.1, 0.15) is 11.1 Å². The van der Waals surface area contributed by atoms with Crippen molar-refractivity contribution in [1.29, 1.82) is 5.26 Å². The Bertz CT molecular complexity index is 1630. The van der Waals surface area contributed by atoms with Crippen molar-refractivity contribution in [3.8, 4) is 34.2 Å².